The number of carbonyl (C=O) groups is 1. The summed E-state index contributed by atoms with van der Waals surface area (Å²) in [6.45, 7) is 0. The topological polar surface area (TPSA) is 29.1 Å². The van der Waals surface area contributed by atoms with Gasteiger partial charge in [-0.25, -0.2) is 0 Å². The number of rotatable bonds is 5. The van der Waals surface area contributed by atoms with E-state index in [1.807, 2.05) is 29.6 Å². The summed E-state index contributed by atoms with van der Waals surface area (Å²) in [6.07, 6.45) is 1.88. The van der Waals surface area contributed by atoms with Crippen LogP contribution in [0.4, 0.5) is 5.69 Å². The van der Waals surface area contributed by atoms with Crippen molar-refractivity contribution in [2.24, 2.45) is 0 Å². The van der Waals surface area contributed by atoms with Crippen molar-refractivity contribution in [2.45, 2.75) is 12.8 Å². The van der Waals surface area contributed by atoms with Crippen LogP contribution in [0.3, 0.4) is 0 Å². The van der Waals surface area contributed by atoms with E-state index < -0.39 is 0 Å². The Labute approximate surface area is 135 Å². The highest BCUT2D eigenvalue weighted by atomic mass is 127. The van der Waals surface area contributed by atoms with Gasteiger partial charge in [-0.3, -0.25) is 4.79 Å². The Morgan fingerprint density at radius 2 is 2.21 bits per heavy atom. The number of aryl methyl sites for hydroxylation is 1. The third-order valence-corrected chi connectivity index (χ3v) is 4.67. The fourth-order valence-electron chi connectivity index (χ4n) is 1.71. The summed E-state index contributed by atoms with van der Waals surface area (Å²) >= 11 is 9.47. The summed E-state index contributed by atoms with van der Waals surface area (Å²) < 4.78 is 1.11. The van der Waals surface area contributed by atoms with Crippen molar-refractivity contribution < 1.29 is 4.79 Å². The van der Waals surface area contributed by atoms with Crippen LogP contribution in [0, 0.1) is 2.88 Å². The van der Waals surface area contributed by atoms with Crippen LogP contribution < -0.4 is 5.32 Å². The zero-order chi connectivity index (χ0) is 13.7. The number of hydrogen-bond donors (Lipinski definition) is 1. The lowest BCUT2D eigenvalue weighted by molar-refractivity contribution is 0.102. The third-order valence-electron chi connectivity index (χ3n) is 2.61. The Hall–Kier alpha value is -0.590. The van der Waals surface area contributed by atoms with Gasteiger partial charge in [-0.05, 0) is 59.2 Å². The standard InChI is InChI=1S/C14H13ClINOS/c15-6-2-4-10-3-1-5-12(7-10)17-14(18)11-8-13(16)19-9-11/h1,3,5,7-9H,2,4,6H2,(H,17,18). The molecule has 1 aromatic heterocycles. The quantitative estimate of drug-likeness (QED) is 0.563. The van der Waals surface area contributed by atoms with Gasteiger partial charge in [0.2, 0.25) is 0 Å². The Morgan fingerprint density at radius 3 is 2.89 bits per heavy atom. The van der Waals surface area contributed by atoms with Gasteiger partial charge >= 0.3 is 0 Å². The van der Waals surface area contributed by atoms with Crippen molar-refractivity contribution in [2.75, 3.05) is 11.2 Å². The fourth-order valence-corrected chi connectivity index (χ4v) is 3.17. The minimum atomic E-state index is -0.0614. The maximum absolute atomic E-state index is 12.0. The molecule has 0 radical (unpaired) electrons. The van der Waals surface area contributed by atoms with E-state index in [1.54, 1.807) is 11.3 Å². The molecule has 0 unspecified atom stereocenters. The van der Waals surface area contributed by atoms with E-state index >= 15 is 0 Å². The molecule has 19 heavy (non-hydrogen) atoms. The second-order valence-corrected chi connectivity index (χ2v) is 7.27. The molecule has 1 heterocycles. The van der Waals surface area contributed by atoms with Gasteiger partial charge in [0, 0.05) is 16.9 Å². The Balaban J connectivity index is 2.04. The first-order chi connectivity index (χ1) is 9.19. The predicted molar refractivity (Wildman–Crippen MR) is 90.5 cm³/mol. The van der Waals surface area contributed by atoms with Crippen LogP contribution in [0.25, 0.3) is 0 Å². The Kier molecular flexibility index (Phi) is 5.66. The van der Waals surface area contributed by atoms with E-state index in [4.69, 9.17) is 11.6 Å². The summed E-state index contributed by atoms with van der Waals surface area (Å²) in [7, 11) is 0. The molecule has 0 aliphatic heterocycles. The molecule has 0 spiro atoms. The van der Waals surface area contributed by atoms with E-state index in [9.17, 15) is 4.79 Å². The van der Waals surface area contributed by atoms with Crippen LogP contribution in [0.1, 0.15) is 22.3 Å². The number of hydrogen-bond acceptors (Lipinski definition) is 2. The van der Waals surface area contributed by atoms with Crippen molar-refractivity contribution in [3.8, 4) is 0 Å². The number of alkyl halides is 1. The van der Waals surface area contributed by atoms with E-state index in [2.05, 4.69) is 34.0 Å². The van der Waals surface area contributed by atoms with Crippen molar-refractivity contribution >= 4 is 57.1 Å². The van der Waals surface area contributed by atoms with Crippen molar-refractivity contribution in [3.63, 3.8) is 0 Å². The van der Waals surface area contributed by atoms with Crippen molar-refractivity contribution in [1.29, 1.82) is 0 Å². The van der Waals surface area contributed by atoms with Gasteiger partial charge in [-0.2, -0.15) is 0 Å². The van der Waals surface area contributed by atoms with Crippen LogP contribution in [0.5, 0.6) is 0 Å². The predicted octanol–water partition coefficient (Wildman–Crippen LogP) is 4.78. The molecule has 0 aliphatic rings. The number of amides is 1. The molecular weight excluding hydrogens is 393 g/mol. The number of anilines is 1. The highest BCUT2D eigenvalue weighted by molar-refractivity contribution is 14.1. The fraction of sp³-hybridized carbons (Fsp3) is 0.214. The molecule has 0 bridgehead atoms. The Bertz CT molecular complexity index is 570. The molecule has 1 amide bonds. The number of carbonyl (C=O) groups excluding carboxylic acids is 1. The molecule has 2 rings (SSSR count). The second-order valence-electron chi connectivity index (χ2n) is 4.09. The summed E-state index contributed by atoms with van der Waals surface area (Å²) in [5, 5.41) is 4.79. The number of nitrogens with one attached hydrogen (secondary N) is 1. The summed E-state index contributed by atoms with van der Waals surface area (Å²) in [4.78, 5) is 12.0. The first kappa shape index (κ1) is 14.8. The van der Waals surface area contributed by atoms with Gasteiger partial charge in [0.25, 0.3) is 5.91 Å². The zero-order valence-corrected chi connectivity index (χ0v) is 13.9. The van der Waals surface area contributed by atoms with Gasteiger partial charge in [-0.1, -0.05) is 12.1 Å². The normalized spacial score (nSPS) is 10.4. The van der Waals surface area contributed by atoms with Gasteiger partial charge in [0.1, 0.15) is 0 Å². The molecule has 0 saturated heterocycles. The van der Waals surface area contributed by atoms with Crippen LogP contribution in [-0.2, 0) is 6.42 Å². The van der Waals surface area contributed by atoms with E-state index in [1.165, 1.54) is 5.56 Å². The number of benzene rings is 1. The second kappa shape index (κ2) is 7.26. The molecule has 100 valence electrons. The molecule has 0 atom stereocenters. The smallest absolute Gasteiger partial charge is 0.256 e. The molecule has 1 aromatic carbocycles. The van der Waals surface area contributed by atoms with Crippen molar-refractivity contribution in [1.82, 2.24) is 0 Å². The van der Waals surface area contributed by atoms with Gasteiger partial charge < -0.3 is 5.32 Å². The number of thiophene rings is 1. The maximum Gasteiger partial charge on any atom is 0.256 e. The molecular formula is C14H13ClINOS. The zero-order valence-electron chi connectivity index (χ0n) is 10.2. The third kappa shape index (κ3) is 4.47. The first-order valence-electron chi connectivity index (χ1n) is 5.89. The van der Waals surface area contributed by atoms with Crippen LogP contribution in [0.15, 0.2) is 35.7 Å². The minimum absolute atomic E-state index is 0.0614. The lowest BCUT2D eigenvalue weighted by Crippen LogP contribution is -2.10. The molecule has 2 aromatic rings. The van der Waals surface area contributed by atoms with Crippen molar-refractivity contribution in [3.05, 3.63) is 49.7 Å². The van der Waals surface area contributed by atoms with E-state index in [0.717, 1.165) is 21.4 Å². The molecule has 0 saturated carbocycles. The lowest BCUT2D eigenvalue weighted by Gasteiger charge is -2.06. The van der Waals surface area contributed by atoms with Gasteiger partial charge in [-0.15, -0.1) is 22.9 Å². The molecule has 2 nitrogen and oxygen atoms in total. The average molecular weight is 406 g/mol. The average Bonchev–Trinajstić information content (AvgIpc) is 2.83. The summed E-state index contributed by atoms with van der Waals surface area (Å²) in [5.74, 6) is 0.595. The van der Waals surface area contributed by atoms with Gasteiger partial charge in [0.15, 0.2) is 0 Å². The minimum Gasteiger partial charge on any atom is -0.322 e. The molecule has 0 fully saturated rings. The number of halogens is 2. The monoisotopic (exact) mass is 405 g/mol. The summed E-state index contributed by atoms with van der Waals surface area (Å²) in [5.41, 5.74) is 2.73. The molecule has 5 heteroatoms. The highest BCUT2D eigenvalue weighted by Crippen LogP contribution is 2.19. The lowest BCUT2D eigenvalue weighted by atomic mass is 10.1. The first-order valence-corrected chi connectivity index (χ1v) is 8.38. The Morgan fingerprint density at radius 1 is 1.37 bits per heavy atom. The van der Waals surface area contributed by atoms with E-state index in [0.29, 0.717) is 11.4 Å². The maximum atomic E-state index is 12.0. The largest absolute Gasteiger partial charge is 0.322 e. The SMILES string of the molecule is O=C(Nc1cccc(CCCCl)c1)c1csc(I)c1. The molecule has 0 aliphatic carbocycles. The van der Waals surface area contributed by atoms with Crippen LogP contribution in [-0.4, -0.2) is 11.8 Å². The molecule has 1 N–H and O–H groups in total. The summed E-state index contributed by atoms with van der Waals surface area (Å²) in [6, 6.07) is 9.80. The van der Waals surface area contributed by atoms with E-state index in [-0.39, 0.29) is 5.91 Å². The van der Waals surface area contributed by atoms with Gasteiger partial charge in [0.05, 0.1) is 8.45 Å². The van der Waals surface area contributed by atoms with Crippen LogP contribution in [0.2, 0.25) is 0 Å². The highest BCUT2D eigenvalue weighted by Gasteiger charge is 2.08. The van der Waals surface area contributed by atoms with Crippen LogP contribution >= 0.6 is 45.5 Å².